The fourth-order valence-corrected chi connectivity index (χ4v) is 5.96. The van der Waals surface area contributed by atoms with Gasteiger partial charge in [0.2, 0.25) is 5.91 Å². The molecule has 3 heteroatoms. The third kappa shape index (κ3) is 2.09. The van der Waals surface area contributed by atoms with Crippen LogP contribution in [-0.2, 0) is 9.53 Å². The second-order valence-electron chi connectivity index (χ2n) is 8.38. The molecule has 1 N–H and O–H groups in total. The highest BCUT2D eigenvalue weighted by atomic mass is 16.5. The van der Waals surface area contributed by atoms with Crippen LogP contribution in [-0.4, -0.2) is 18.6 Å². The maximum atomic E-state index is 11.8. The molecule has 3 fully saturated rings. The third-order valence-electron chi connectivity index (χ3n) is 6.98. The maximum absolute atomic E-state index is 11.8. The molecule has 2 bridgehead atoms. The van der Waals surface area contributed by atoms with Gasteiger partial charge in [-0.2, -0.15) is 0 Å². The van der Waals surface area contributed by atoms with E-state index in [2.05, 4.69) is 49.5 Å². The molecule has 0 aromatic heterocycles. The molecule has 0 radical (unpaired) electrons. The quantitative estimate of drug-likeness (QED) is 0.904. The van der Waals surface area contributed by atoms with Crippen LogP contribution >= 0.6 is 0 Å². The summed E-state index contributed by atoms with van der Waals surface area (Å²) in [5, 5.41) is 3.33. The summed E-state index contributed by atoms with van der Waals surface area (Å²) >= 11 is 0. The van der Waals surface area contributed by atoms with Gasteiger partial charge in [0, 0.05) is 19.6 Å². The average Bonchev–Trinajstić information content (AvgIpc) is 3.01. The molecule has 5 atom stereocenters. The molecule has 1 saturated heterocycles. The molecule has 1 aliphatic heterocycles. The smallest absolute Gasteiger partial charge is 0.217 e. The van der Waals surface area contributed by atoms with Gasteiger partial charge < -0.3 is 10.1 Å². The minimum absolute atomic E-state index is 0.103. The first-order chi connectivity index (χ1) is 10.9. The minimum atomic E-state index is 0.103. The van der Waals surface area contributed by atoms with E-state index < -0.39 is 0 Å². The molecule has 1 spiro atoms. The fraction of sp³-hybridized carbons (Fsp3) is 0.650. The number of carbonyl (C=O) groups is 1. The van der Waals surface area contributed by atoms with Crippen LogP contribution < -0.4 is 5.32 Å². The molecule has 2 aliphatic carbocycles. The Kier molecular flexibility index (Phi) is 3.35. The van der Waals surface area contributed by atoms with Crippen LogP contribution in [0.1, 0.15) is 51.7 Å². The normalized spacial score (nSPS) is 40.7. The SMILES string of the molecule is CC(=O)N[C@H]1C(C)(C)[C@@H]2C[C@@H]3[C@@H](c4ccccc4)OCCC31C2. The van der Waals surface area contributed by atoms with Crippen LogP contribution in [0.2, 0.25) is 0 Å². The molecular formula is C20H27NO2. The number of nitrogens with one attached hydrogen (secondary N) is 1. The number of hydrogen-bond donors (Lipinski definition) is 1. The van der Waals surface area contributed by atoms with E-state index in [0.29, 0.717) is 11.8 Å². The van der Waals surface area contributed by atoms with Crippen LogP contribution in [0.5, 0.6) is 0 Å². The van der Waals surface area contributed by atoms with E-state index in [9.17, 15) is 4.79 Å². The molecule has 1 aromatic rings. The first-order valence-corrected chi connectivity index (χ1v) is 8.89. The van der Waals surface area contributed by atoms with Gasteiger partial charge in [0.1, 0.15) is 0 Å². The van der Waals surface area contributed by atoms with E-state index in [1.807, 2.05) is 0 Å². The van der Waals surface area contributed by atoms with Crippen molar-refractivity contribution in [3.05, 3.63) is 35.9 Å². The topological polar surface area (TPSA) is 38.3 Å². The van der Waals surface area contributed by atoms with Crippen molar-refractivity contribution in [2.24, 2.45) is 22.7 Å². The van der Waals surface area contributed by atoms with Crippen molar-refractivity contribution < 1.29 is 9.53 Å². The van der Waals surface area contributed by atoms with Crippen molar-refractivity contribution in [2.45, 2.75) is 52.2 Å². The molecule has 124 valence electrons. The van der Waals surface area contributed by atoms with Gasteiger partial charge >= 0.3 is 0 Å². The summed E-state index contributed by atoms with van der Waals surface area (Å²) < 4.78 is 6.23. The number of rotatable bonds is 2. The Hall–Kier alpha value is -1.35. The Bertz CT molecular complexity index is 611. The van der Waals surface area contributed by atoms with Crippen molar-refractivity contribution in [2.75, 3.05) is 6.61 Å². The highest BCUT2D eigenvalue weighted by molar-refractivity contribution is 5.73. The lowest BCUT2D eigenvalue weighted by molar-refractivity contribution is -0.135. The Morgan fingerprint density at radius 3 is 2.70 bits per heavy atom. The summed E-state index contributed by atoms with van der Waals surface area (Å²) in [5.41, 5.74) is 1.68. The highest BCUT2D eigenvalue weighted by Gasteiger charge is 2.68. The lowest BCUT2D eigenvalue weighted by atomic mass is 9.59. The van der Waals surface area contributed by atoms with Gasteiger partial charge in [-0.25, -0.2) is 0 Å². The predicted octanol–water partition coefficient (Wildman–Crippen LogP) is 3.71. The summed E-state index contributed by atoms with van der Waals surface area (Å²) in [6.07, 6.45) is 3.72. The van der Waals surface area contributed by atoms with Crippen molar-refractivity contribution in [1.29, 1.82) is 0 Å². The molecule has 4 rings (SSSR count). The van der Waals surface area contributed by atoms with Crippen LogP contribution in [0.15, 0.2) is 30.3 Å². The number of fused-ring (bicyclic) bond motifs is 1. The maximum Gasteiger partial charge on any atom is 0.217 e. The number of benzene rings is 1. The van der Waals surface area contributed by atoms with E-state index in [1.165, 1.54) is 18.4 Å². The summed E-state index contributed by atoms with van der Waals surface area (Å²) in [6, 6.07) is 10.9. The molecule has 1 heterocycles. The van der Waals surface area contributed by atoms with Gasteiger partial charge in [-0.05, 0) is 47.5 Å². The predicted molar refractivity (Wildman–Crippen MR) is 89.8 cm³/mol. The van der Waals surface area contributed by atoms with Gasteiger partial charge in [-0.15, -0.1) is 0 Å². The first kappa shape index (κ1) is 15.2. The first-order valence-electron chi connectivity index (χ1n) is 8.89. The molecule has 1 unspecified atom stereocenters. The van der Waals surface area contributed by atoms with Crippen LogP contribution in [0, 0.1) is 22.7 Å². The largest absolute Gasteiger partial charge is 0.373 e. The summed E-state index contributed by atoms with van der Waals surface area (Å²) in [5.74, 6) is 1.30. The van der Waals surface area contributed by atoms with Crippen LogP contribution in [0.3, 0.4) is 0 Å². The van der Waals surface area contributed by atoms with E-state index in [-0.39, 0.29) is 28.9 Å². The van der Waals surface area contributed by atoms with Gasteiger partial charge in [0.15, 0.2) is 0 Å². The van der Waals surface area contributed by atoms with Gasteiger partial charge in [-0.3, -0.25) is 4.79 Å². The summed E-state index contributed by atoms with van der Waals surface area (Å²) in [4.78, 5) is 11.8. The molecule has 1 aromatic carbocycles. The molecule has 1 amide bonds. The minimum Gasteiger partial charge on any atom is -0.373 e. The number of amides is 1. The van der Waals surface area contributed by atoms with Gasteiger partial charge in [0.05, 0.1) is 6.10 Å². The van der Waals surface area contributed by atoms with E-state index in [1.54, 1.807) is 6.92 Å². The zero-order valence-corrected chi connectivity index (χ0v) is 14.3. The van der Waals surface area contributed by atoms with Gasteiger partial charge in [-0.1, -0.05) is 44.2 Å². The molecule has 2 saturated carbocycles. The lowest BCUT2D eigenvalue weighted by Gasteiger charge is -2.53. The highest BCUT2D eigenvalue weighted by Crippen LogP contribution is 2.70. The zero-order chi connectivity index (χ0) is 16.2. The van der Waals surface area contributed by atoms with Crippen molar-refractivity contribution in [3.63, 3.8) is 0 Å². The summed E-state index contributed by atoms with van der Waals surface area (Å²) in [7, 11) is 0. The molecular weight excluding hydrogens is 286 g/mol. The number of carbonyl (C=O) groups excluding carboxylic acids is 1. The fourth-order valence-electron chi connectivity index (χ4n) is 5.96. The molecule has 3 nitrogen and oxygen atoms in total. The number of hydrogen-bond acceptors (Lipinski definition) is 2. The zero-order valence-electron chi connectivity index (χ0n) is 14.3. The Morgan fingerprint density at radius 1 is 1.26 bits per heavy atom. The Balaban J connectivity index is 1.72. The standard InChI is InChI=1S/C20H27NO2/c1-13(22)21-18-19(2,3)15-11-16-17(14-7-5-4-6-8-14)23-10-9-20(16,18)12-15/h4-8,15-18H,9-12H2,1-3H3,(H,21,22)/t15-,16-,17-,18+,20?/m1/s1. The third-order valence-corrected chi connectivity index (χ3v) is 6.98. The van der Waals surface area contributed by atoms with Crippen molar-refractivity contribution >= 4 is 5.91 Å². The average molecular weight is 313 g/mol. The van der Waals surface area contributed by atoms with E-state index in [4.69, 9.17) is 4.74 Å². The summed E-state index contributed by atoms with van der Waals surface area (Å²) in [6.45, 7) is 7.14. The van der Waals surface area contributed by atoms with Crippen molar-refractivity contribution in [3.8, 4) is 0 Å². The van der Waals surface area contributed by atoms with Crippen molar-refractivity contribution in [1.82, 2.24) is 5.32 Å². The Labute approximate surface area is 138 Å². The van der Waals surface area contributed by atoms with Crippen LogP contribution in [0.4, 0.5) is 0 Å². The monoisotopic (exact) mass is 313 g/mol. The Morgan fingerprint density at radius 2 is 2.00 bits per heavy atom. The van der Waals surface area contributed by atoms with Gasteiger partial charge in [0.25, 0.3) is 0 Å². The second kappa shape index (κ2) is 5.07. The van der Waals surface area contributed by atoms with E-state index >= 15 is 0 Å². The van der Waals surface area contributed by atoms with Crippen LogP contribution in [0.25, 0.3) is 0 Å². The lowest BCUT2D eigenvalue weighted by Crippen LogP contribution is -2.58. The molecule has 23 heavy (non-hydrogen) atoms. The molecule has 3 aliphatic rings. The number of ether oxygens (including phenoxy) is 1. The van der Waals surface area contributed by atoms with E-state index in [0.717, 1.165) is 13.0 Å². The second-order valence-corrected chi connectivity index (χ2v) is 8.38.